The van der Waals surface area contributed by atoms with Crippen LogP contribution in [-0.4, -0.2) is 4.98 Å². The minimum atomic E-state index is 0.773. The minimum Gasteiger partial charge on any atom is -0.398 e. The number of nitrogen functional groups attached to an aromatic ring is 1. The van der Waals surface area contributed by atoms with Gasteiger partial charge in [0.1, 0.15) is 0 Å². The van der Waals surface area contributed by atoms with Crippen molar-refractivity contribution in [2.45, 2.75) is 0 Å². The predicted molar refractivity (Wildman–Crippen MR) is 71.6 cm³/mol. The number of benzene rings is 2. The molecule has 0 bridgehead atoms. The largest absolute Gasteiger partial charge is 0.398 e. The van der Waals surface area contributed by atoms with Crippen molar-refractivity contribution < 1.29 is 0 Å². The first kappa shape index (κ1) is 9.85. The SMILES string of the molecule is Nc1ccnc2cc(-c3ccccc3)ccc12. The monoisotopic (exact) mass is 220 g/mol. The Morgan fingerprint density at radius 3 is 2.47 bits per heavy atom. The summed E-state index contributed by atoms with van der Waals surface area (Å²) in [5.74, 6) is 0. The van der Waals surface area contributed by atoms with Crippen LogP contribution in [0.3, 0.4) is 0 Å². The lowest BCUT2D eigenvalue weighted by Gasteiger charge is -2.05. The number of fused-ring (bicyclic) bond motifs is 1. The van der Waals surface area contributed by atoms with E-state index in [2.05, 4.69) is 29.2 Å². The lowest BCUT2D eigenvalue weighted by Crippen LogP contribution is -1.89. The Labute approximate surface area is 99.7 Å². The van der Waals surface area contributed by atoms with E-state index in [4.69, 9.17) is 5.73 Å². The highest BCUT2D eigenvalue weighted by molar-refractivity contribution is 5.92. The Morgan fingerprint density at radius 1 is 0.824 bits per heavy atom. The van der Waals surface area contributed by atoms with Crippen LogP contribution in [0.1, 0.15) is 0 Å². The van der Waals surface area contributed by atoms with Crippen LogP contribution in [0.25, 0.3) is 22.0 Å². The summed E-state index contributed by atoms with van der Waals surface area (Å²) >= 11 is 0. The van der Waals surface area contributed by atoms with Crippen molar-refractivity contribution >= 4 is 16.6 Å². The van der Waals surface area contributed by atoms with Crippen molar-refractivity contribution in [1.82, 2.24) is 4.98 Å². The van der Waals surface area contributed by atoms with E-state index in [9.17, 15) is 0 Å². The van der Waals surface area contributed by atoms with Gasteiger partial charge in [0.05, 0.1) is 5.52 Å². The first-order chi connectivity index (χ1) is 8.34. The predicted octanol–water partition coefficient (Wildman–Crippen LogP) is 3.48. The molecule has 82 valence electrons. The highest BCUT2D eigenvalue weighted by atomic mass is 14.7. The zero-order chi connectivity index (χ0) is 11.7. The zero-order valence-corrected chi connectivity index (χ0v) is 9.30. The molecule has 17 heavy (non-hydrogen) atoms. The Balaban J connectivity index is 2.21. The van der Waals surface area contributed by atoms with Gasteiger partial charge in [-0.05, 0) is 23.3 Å². The maximum absolute atomic E-state index is 5.90. The molecule has 0 unspecified atom stereocenters. The number of rotatable bonds is 1. The van der Waals surface area contributed by atoms with E-state index in [0.717, 1.165) is 22.2 Å². The topological polar surface area (TPSA) is 38.9 Å². The van der Waals surface area contributed by atoms with E-state index in [0.29, 0.717) is 0 Å². The van der Waals surface area contributed by atoms with Crippen LogP contribution in [0.5, 0.6) is 0 Å². The molecule has 2 aromatic carbocycles. The molecule has 0 saturated carbocycles. The van der Waals surface area contributed by atoms with Crippen LogP contribution in [0, 0.1) is 0 Å². The molecule has 0 aliphatic heterocycles. The summed E-state index contributed by atoms with van der Waals surface area (Å²) < 4.78 is 0. The second-order valence-electron chi connectivity index (χ2n) is 4.00. The van der Waals surface area contributed by atoms with Gasteiger partial charge in [-0.1, -0.05) is 42.5 Å². The lowest BCUT2D eigenvalue weighted by molar-refractivity contribution is 1.41. The third-order valence-corrected chi connectivity index (χ3v) is 2.88. The van der Waals surface area contributed by atoms with Crippen LogP contribution in [0.4, 0.5) is 5.69 Å². The lowest BCUT2D eigenvalue weighted by atomic mass is 10.0. The molecule has 2 heteroatoms. The number of nitrogens with zero attached hydrogens (tertiary/aromatic N) is 1. The number of hydrogen-bond acceptors (Lipinski definition) is 2. The first-order valence-electron chi connectivity index (χ1n) is 5.54. The highest BCUT2D eigenvalue weighted by Crippen LogP contribution is 2.25. The van der Waals surface area contributed by atoms with Gasteiger partial charge in [0.15, 0.2) is 0 Å². The van der Waals surface area contributed by atoms with Crippen LogP contribution in [0.2, 0.25) is 0 Å². The van der Waals surface area contributed by atoms with Gasteiger partial charge in [-0.3, -0.25) is 4.98 Å². The Kier molecular flexibility index (Phi) is 2.26. The molecule has 0 atom stereocenters. The fourth-order valence-electron chi connectivity index (χ4n) is 1.98. The average molecular weight is 220 g/mol. The fourth-order valence-corrected chi connectivity index (χ4v) is 1.98. The van der Waals surface area contributed by atoms with E-state index in [1.807, 2.05) is 30.3 Å². The van der Waals surface area contributed by atoms with Crippen molar-refractivity contribution in [1.29, 1.82) is 0 Å². The standard InChI is InChI=1S/C15H12N2/c16-14-8-9-17-15-10-12(6-7-13(14)15)11-4-2-1-3-5-11/h1-10H,(H2,16,17). The molecule has 0 spiro atoms. The third-order valence-electron chi connectivity index (χ3n) is 2.88. The summed E-state index contributed by atoms with van der Waals surface area (Å²) in [6.07, 6.45) is 1.74. The van der Waals surface area contributed by atoms with Crippen LogP contribution in [-0.2, 0) is 0 Å². The summed E-state index contributed by atoms with van der Waals surface area (Å²) in [5, 5.41) is 1.01. The highest BCUT2D eigenvalue weighted by Gasteiger charge is 2.01. The molecule has 0 saturated heterocycles. The molecule has 0 amide bonds. The maximum atomic E-state index is 5.90. The van der Waals surface area contributed by atoms with E-state index < -0.39 is 0 Å². The van der Waals surface area contributed by atoms with Gasteiger partial charge in [0, 0.05) is 17.3 Å². The molecule has 1 aromatic heterocycles. The van der Waals surface area contributed by atoms with E-state index in [-0.39, 0.29) is 0 Å². The third kappa shape index (κ3) is 1.74. The maximum Gasteiger partial charge on any atom is 0.0728 e. The van der Waals surface area contributed by atoms with Crippen molar-refractivity contribution in [3.8, 4) is 11.1 Å². The molecule has 0 radical (unpaired) electrons. The summed E-state index contributed by atoms with van der Waals surface area (Å²) in [6, 6.07) is 18.3. The minimum absolute atomic E-state index is 0.773. The summed E-state index contributed by atoms with van der Waals surface area (Å²) in [4.78, 5) is 4.35. The van der Waals surface area contributed by atoms with Gasteiger partial charge < -0.3 is 5.73 Å². The summed E-state index contributed by atoms with van der Waals surface area (Å²) in [7, 11) is 0. The first-order valence-corrected chi connectivity index (χ1v) is 5.54. The Hall–Kier alpha value is -2.35. The van der Waals surface area contributed by atoms with Gasteiger partial charge in [-0.2, -0.15) is 0 Å². The fraction of sp³-hybridized carbons (Fsp3) is 0. The summed E-state index contributed by atoms with van der Waals surface area (Å²) in [6.45, 7) is 0. The van der Waals surface area contributed by atoms with Crippen molar-refractivity contribution in [3.05, 3.63) is 60.8 Å². The Bertz CT molecular complexity index is 660. The molecule has 0 aliphatic carbocycles. The van der Waals surface area contributed by atoms with Crippen molar-refractivity contribution in [2.75, 3.05) is 5.73 Å². The van der Waals surface area contributed by atoms with Crippen LogP contribution in [0.15, 0.2) is 60.8 Å². The molecule has 3 rings (SSSR count). The van der Waals surface area contributed by atoms with Gasteiger partial charge in [0.25, 0.3) is 0 Å². The quantitative estimate of drug-likeness (QED) is 0.681. The summed E-state index contributed by atoms with van der Waals surface area (Å²) in [5.41, 5.74) is 9.97. The number of anilines is 1. The normalized spacial score (nSPS) is 10.6. The number of nitrogens with two attached hydrogens (primary N) is 1. The van der Waals surface area contributed by atoms with E-state index in [1.165, 1.54) is 5.56 Å². The van der Waals surface area contributed by atoms with Crippen LogP contribution >= 0.6 is 0 Å². The van der Waals surface area contributed by atoms with Gasteiger partial charge >= 0.3 is 0 Å². The van der Waals surface area contributed by atoms with E-state index in [1.54, 1.807) is 6.20 Å². The zero-order valence-electron chi connectivity index (χ0n) is 9.30. The molecule has 1 heterocycles. The Morgan fingerprint density at radius 2 is 1.65 bits per heavy atom. The number of aromatic nitrogens is 1. The molecule has 2 N–H and O–H groups in total. The van der Waals surface area contributed by atoms with Gasteiger partial charge in [-0.15, -0.1) is 0 Å². The second-order valence-corrected chi connectivity index (χ2v) is 4.00. The molecule has 0 fully saturated rings. The number of pyridine rings is 1. The van der Waals surface area contributed by atoms with Gasteiger partial charge in [0.2, 0.25) is 0 Å². The van der Waals surface area contributed by atoms with E-state index >= 15 is 0 Å². The van der Waals surface area contributed by atoms with Gasteiger partial charge in [-0.25, -0.2) is 0 Å². The molecule has 0 aliphatic rings. The molecular weight excluding hydrogens is 208 g/mol. The van der Waals surface area contributed by atoms with Crippen molar-refractivity contribution in [3.63, 3.8) is 0 Å². The second kappa shape index (κ2) is 3.91. The molecular formula is C15H12N2. The van der Waals surface area contributed by atoms with Crippen molar-refractivity contribution in [2.24, 2.45) is 0 Å². The molecule has 2 nitrogen and oxygen atoms in total. The average Bonchev–Trinajstić information content (AvgIpc) is 2.40. The smallest absolute Gasteiger partial charge is 0.0728 e. The molecule has 3 aromatic rings. The van der Waals surface area contributed by atoms with Crippen LogP contribution < -0.4 is 5.73 Å². The number of hydrogen-bond donors (Lipinski definition) is 1.